The number of hydrogen-bond donors (Lipinski definition) is 3. The monoisotopic (exact) mass is 381 g/mol. The van der Waals surface area contributed by atoms with Crippen molar-refractivity contribution in [3.05, 3.63) is 60.8 Å². The van der Waals surface area contributed by atoms with Gasteiger partial charge in [-0.05, 0) is 30.2 Å². The number of hydrogen-bond acceptors (Lipinski definition) is 6. The Morgan fingerprint density at radius 2 is 1.81 bits per heavy atom. The summed E-state index contributed by atoms with van der Waals surface area (Å²) in [5.41, 5.74) is 2.51. The molecule has 1 aliphatic rings. The predicted molar refractivity (Wildman–Crippen MR) is 105 cm³/mol. The summed E-state index contributed by atoms with van der Waals surface area (Å²) in [6.45, 7) is 0.919. The Morgan fingerprint density at radius 3 is 2.67 bits per heavy atom. The van der Waals surface area contributed by atoms with Gasteiger partial charge in [0.15, 0.2) is 0 Å². The Bertz CT molecular complexity index is 1050. The molecule has 27 heavy (non-hydrogen) atoms. The van der Waals surface area contributed by atoms with Gasteiger partial charge in [0.2, 0.25) is 16.0 Å². The molecular formula is C19H19N5O2S. The van der Waals surface area contributed by atoms with Crippen LogP contribution in [0.25, 0.3) is 11.1 Å². The van der Waals surface area contributed by atoms with Gasteiger partial charge in [0.1, 0.15) is 5.82 Å². The fourth-order valence-corrected chi connectivity index (χ4v) is 3.98. The normalized spacial score (nSPS) is 16.0. The minimum Gasteiger partial charge on any atom is -0.369 e. The maximum Gasteiger partial charge on any atom is 0.240 e. The maximum atomic E-state index is 12.4. The molecule has 3 aromatic rings. The van der Waals surface area contributed by atoms with E-state index in [0.717, 1.165) is 11.1 Å². The van der Waals surface area contributed by atoms with Crippen LogP contribution in [0.15, 0.2) is 65.7 Å². The van der Waals surface area contributed by atoms with Gasteiger partial charge in [-0.2, -0.15) is 4.98 Å². The summed E-state index contributed by atoms with van der Waals surface area (Å²) in [7, 11) is -3.55. The summed E-state index contributed by atoms with van der Waals surface area (Å²) >= 11 is 0. The number of rotatable bonds is 1. The molecule has 7 nitrogen and oxygen atoms in total. The Kier molecular flexibility index (Phi) is 4.74. The van der Waals surface area contributed by atoms with Crippen molar-refractivity contribution >= 4 is 27.5 Å². The summed E-state index contributed by atoms with van der Waals surface area (Å²) in [5.74, 6) is 1.11. The van der Waals surface area contributed by atoms with Crippen molar-refractivity contribution in [1.82, 2.24) is 14.7 Å². The molecule has 0 radical (unpaired) electrons. The lowest BCUT2D eigenvalue weighted by atomic mass is 10.1. The van der Waals surface area contributed by atoms with Crippen molar-refractivity contribution in [3.8, 4) is 11.1 Å². The molecule has 0 saturated heterocycles. The Labute approximate surface area is 157 Å². The first-order valence-electron chi connectivity index (χ1n) is 8.65. The third kappa shape index (κ3) is 3.91. The summed E-state index contributed by atoms with van der Waals surface area (Å²) < 4.78 is 27.4. The van der Waals surface area contributed by atoms with Gasteiger partial charge in [-0.15, -0.1) is 0 Å². The zero-order valence-electron chi connectivity index (χ0n) is 14.5. The van der Waals surface area contributed by atoms with Crippen LogP contribution in [0.4, 0.5) is 17.5 Å². The molecule has 0 fully saturated rings. The van der Waals surface area contributed by atoms with E-state index in [0.29, 0.717) is 37.0 Å². The van der Waals surface area contributed by atoms with Crippen LogP contribution in [0.1, 0.15) is 6.42 Å². The first-order valence-corrected chi connectivity index (χ1v) is 10.1. The van der Waals surface area contributed by atoms with Gasteiger partial charge in [-0.25, -0.2) is 18.1 Å². The van der Waals surface area contributed by atoms with Gasteiger partial charge in [0, 0.05) is 30.5 Å². The summed E-state index contributed by atoms with van der Waals surface area (Å²) in [5, 5.41) is 6.38. The zero-order chi connectivity index (χ0) is 18.7. The summed E-state index contributed by atoms with van der Waals surface area (Å²) in [6, 6.07) is 16.5. The van der Waals surface area contributed by atoms with Crippen LogP contribution in [0.3, 0.4) is 0 Å². The van der Waals surface area contributed by atoms with E-state index in [2.05, 4.69) is 25.3 Å². The van der Waals surface area contributed by atoms with Crippen molar-refractivity contribution in [2.24, 2.45) is 0 Å². The number of nitrogens with one attached hydrogen (secondary N) is 3. The number of anilines is 3. The van der Waals surface area contributed by atoms with Crippen LogP contribution in [0, 0.1) is 0 Å². The highest BCUT2D eigenvalue weighted by Crippen LogP contribution is 2.27. The Balaban J connectivity index is 1.75. The van der Waals surface area contributed by atoms with Crippen LogP contribution in [-0.2, 0) is 10.0 Å². The number of benzene rings is 2. The molecule has 0 saturated carbocycles. The molecule has 4 bridgehead atoms. The molecule has 8 heteroatoms. The third-order valence-corrected chi connectivity index (χ3v) is 5.67. The lowest BCUT2D eigenvalue weighted by Crippen LogP contribution is -2.26. The second-order valence-electron chi connectivity index (χ2n) is 6.15. The van der Waals surface area contributed by atoms with Crippen molar-refractivity contribution in [3.63, 3.8) is 0 Å². The quantitative estimate of drug-likeness (QED) is 0.600. The van der Waals surface area contributed by atoms with Gasteiger partial charge in [-0.3, -0.25) is 0 Å². The molecule has 0 atom stereocenters. The van der Waals surface area contributed by atoms with Crippen molar-refractivity contribution in [1.29, 1.82) is 0 Å². The standard InChI is InChI=1S/C19H19N5O2S/c25-27(26)16-9-4-8-15(12-16)23-19-21-13-17(14-6-2-1-3-7-14)18(24-19)20-10-5-11-22-27/h1-4,6-9,12-13,22H,5,10-11H2,(H2,20,21,23,24). The number of nitrogens with zero attached hydrogens (tertiary/aromatic N) is 2. The van der Waals surface area contributed by atoms with Gasteiger partial charge in [-0.1, -0.05) is 36.4 Å². The fraction of sp³-hybridized carbons (Fsp3) is 0.158. The molecule has 0 aliphatic carbocycles. The van der Waals surface area contributed by atoms with E-state index in [9.17, 15) is 8.42 Å². The number of fused-ring (bicyclic) bond motifs is 4. The van der Waals surface area contributed by atoms with Crippen molar-refractivity contribution in [2.75, 3.05) is 23.7 Å². The zero-order valence-corrected chi connectivity index (χ0v) is 15.3. The smallest absolute Gasteiger partial charge is 0.240 e. The SMILES string of the molecule is O=S1(=O)NCCCNc2nc(ncc2-c2ccccc2)Nc2cccc1c2. The van der Waals surface area contributed by atoms with Crippen LogP contribution < -0.4 is 15.4 Å². The molecule has 1 aliphatic heterocycles. The first-order chi connectivity index (χ1) is 13.1. The molecule has 0 amide bonds. The lowest BCUT2D eigenvalue weighted by Gasteiger charge is -2.13. The van der Waals surface area contributed by atoms with Crippen molar-refractivity contribution < 1.29 is 8.42 Å². The average molecular weight is 381 g/mol. The molecule has 0 unspecified atom stereocenters. The van der Waals surface area contributed by atoms with Crippen LogP contribution in [0.5, 0.6) is 0 Å². The van der Waals surface area contributed by atoms with Gasteiger partial charge < -0.3 is 10.6 Å². The molecule has 1 aromatic heterocycles. The number of aromatic nitrogens is 2. The second kappa shape index (κ2) is 7.34. The van der Waals surface area contributed by atoms with Gasteiger partial charge in [0.25, 0.3) is 0 Å². The minimum absolute atomic E-state index is 0.209. The molecule has 4 rings (SSSR count). The molecule has 2 heterocycles. The Morgan fingerprint density at radius 1 is 0.963 bits per heavy atom. The average Bonchev–Trinajstić information content (AvgIpc) is 2.68. The maximum absolute atomic E-state index is 12.4. The largest absolute Gasteiger partial charge is 0.369 e. The molecule has 138 valence electrons. The van der Waals surface area contributed by atoms with E-state index < -0.39 is 10.0 Å². The van der Waals surface area contributed by atoms with Gasteiger partial charge in [0.05, 0.1) is 4.90 Å². The Hall–Kier alpha value is -2.97. The van der Waals surface area contributed by atoms with E-state index in [-0.39, 0.29) is 4.90 Å². The van der Waals surface area contributed by atoms with Crippen LogP contribution in [0.2, 0.25) is 0 Å². The second-order valence-corrected chi connectivity index (χ2v) is 7.92. The third-order valence-electron chi connectivity index (χ3n) is 4.21. The van der Waals surface area contributed by atoms with E-state index in [1.165, 1.54) is 0 Å². The highest BCUT2D eigenvalue weighted by molar-refractivity contribution is 7.89. The summed E-state index contributed by atoms with van der Waals surface area (Å²) in [4.78, 5) is 9.21. The van der Waals surface area contributed by atoms with E-state index in [4.69, 9.17) is 0 Å². The molecule has 3 N–H and O–H groups in total. The highest BCUT2D eigenvalue weighted by Gasteiger charge is 2.15. The van der Waals surface area contributed by atoms with Crippen molar-refractivity contribution in [2.45, 2.75) is 11.3 Å². The summed E-state index contributed by atoms with van der Waals surface area (Å²) in [6.07, 6.45) is 2.39. The van der Waals surface area contributed by atoms with E-state index >= 15 is 0 Å². The first kappa shape index (κ1) is 17.4. The highest BCUT2D eigenvalue weighted by atomic mass is 32.2. The van der Waals surface area contributed by atoms with Crippen LogP contribution >= 0.6 is 0 Å². The molecule has 0 spiro atoms. The van der Waals surface area contributed by atoms with E-state index in [1.54, 1.807) is 30.5 Å². The lowest BCUT2D eigenvalue weighted by molar-refractivity contribution is 0.580. The number of sulfonamides is 1. The fourth-order valence-electron chi connectivity index (χ4n) is 2.86. The van der Waals surface area contributed by atoms with E-state index in [1.807, 2.05) is 30.3 Å². The topological polar surface area (TPSA) is 96.0 Å². The molecule has 2 aromatic carbocycles. The minimum atomic E-state index is -3.55. The predicted octanol–water partition coefficient (Wildman–Crippen LogP) is 2.98. The van der Waals surface area contributed by atoms with Crippen LogP contribution in [-0.4, -0.2) is 31.5 Å². The molecular weight excluding hydrogens is 362 g/mol. The van der Waals surface area contributed by atoms with Gasteiger partial charge >= 0.3 is 0 Å².